The summed E-state index contributed by atoms with van der Waals surface area (Å²) in [6, 6.07) is 6.49. The van der Waals surface area contributed by atoms with Crippen LogP contribution in [-0.2, 0) is 0 Å². The molecule has 0 amide bonds. The molecule has 1 aromatic carbocycles. The Labute approximate surface area is 109 Å². The molecular weight excluding hydrogens is 244 g/mol. The summed E-state index contributed by atoms with van der Waals surface area (Å²) in [4.78, 5) is 18.8. The van der Waals surface area contributed by atoms with Crippen molar-refractivity contribution in [1.82, 2.24) is 9.97 Å². The molecule has 0 aliphatic heterocycles. The van der Waals surface area contributed by atoms with Gasteiger partial charge in [0, 0.05) is 17.5 Å². The number of nitrogens with one attached hydrogen (secondary N) is 1. The summed E-state index contributed by atoms with van der Waals surface area (Å²) in [5, 5.41) is 9.77. The van der Waals surface area contributed by atoms with Crippen molar-refractivity contribution in [1.29, 1.82) is 0 Å². The first-order valence-electron chi connectivity index (χ1n) is 6.16. The van der Waals surface area contributed by atoms with Crippen molar-refractivity contribution in [3.05, 3.63) is 40.3 Å². The highest BCUT2D eigenvalue weighted by atomic mass is 16.5. The Kier molecular flexibility index (Phi) is 2.74. The van der Waals surface area contributed by atoms with Crippen molar-refractivity contribution in [3.8, 4) is 22.9 Å². The van der Waals surface area contributed by atoms with Gasteiger partial charge in [0.25, 0.3) is 5.56 Å². The van der Waals surface area contributed by atoms with Crippen LogP contribution >= 0.6 is 0 Å². The molecular formula is C14H14N2O3. The lowest BCUT2D eigenvalue weighted by Gasteiger charge is -2.07. The third kappa shape index (κ3) is 2.31. The molecule has 2 N–H and O–H groups in total. The van der Waals surface area contributed by atoms with Crippen LogP contribution in [0.4, 0.5) is 0 Å². The van der Waals surface area contributed by atoms with E-state index >= 15 is 0 Å². The van der Waals surface area contributed by atoms with Crippen LogP contribution in [0.5, 0.6) is 11.5 Å². The second-order valence-corrected chi connectivity index (χ2v) is 4.68. The Bertz CT molecular complexity index is 675. The molecule has 0 spiro atoms. The average molecular weight is 258 g/mol. The molecule has 1 fully saturated rings. The van der Waals surface area contributed by atoms with Gasteiger partial charge in [0.05, 0.1) is 12.8 Å². The van der Waals surface area contributed by atoms with Crippen LogP contribution in [0.1, 0.15) is 24.5 Å². The van der Waals surface area contributed by atoms with Crippen molar-refractivity contribution in [2.45, 2.75) is 18.8 Å². The summed E-state index contributed by atoms with van der Waals surface area (Å²) >= 11 is 0. The molecule has 1 aliphatic rings. The Morgan fingerprint density at radius 1 is 1.37 bits per heavy atom. The van der Waals surface area contributed by atoms with Gasteiger partial charge in [-0.2, -0.15) is 0 Å². The van der Waals surface area contributed by atoms with E-state index in [2.05, 4.69) is 9.97 Å². The Morgan fingerprint density at radius 3 is 2.79 bits per heavy atom. The van der Waals surface area contributed by atoms with Gasteiger partial charge >= 0.3 is 0 Å². The van der Waals surface area contributed by atoms with E-state index in [4.69, 9.17) is 4.74 Å². The Morgan fingerprint density at radius 2 is 2.16 bits per heavy atom. The number of aromatic hydroxyl groups is 1. The molecule has 5 nitrogen and oxygen atoms in total. The number of phenolic OH excluding ortho intramolecular Hbond substituents is 1. The number of methoxy groups -OCH3 is 1. The van der Waals surface area contributed by atoms with E-state index < -0.39 is 0 Å². The lowest BCUT2D eigenvalue weighted by molar-refractivity contribution is 0.373. The summed E-state index contributed by atoms with van der Waals surface area (Å²) in [7, 11) is 1.49. The smallest absolute Gasteiger partial charge is 0.251 e. The number of ether oxygens (including phenoxy) is 1. The number of nitrogens with zero attached hydrogens (tertiary/aromatic N) is 1. The van der Waals surface area contributed by atoms with Crippen molar-refractivity contribution in [3.63, 3.8) is 0 Å². The summed E-state index contributed by atoms with van der Waals surface area (Å²) in [5.41, 5.74) is 1.33. The lowest BCUT2D eigenvalue weighted by atomic mass is 10.1. The second kappa shape index (κ2) is 4.42. The average Bonchev–Trinajstić information content (AvgIpc) is 3.22. The zero-order valence-corrected chi connectivity index (χ0v) is 10.5. The molecule has 98 valence electrons. The predicted molar refractivity (Wildman–Crippen MR) is 70.5 cm³/mol. The highest BCUT2D eigenvalue weighted by Crippen LogP contribution is 2.39. The van der Waals surface area contributed by atoms with Gasteiger partial charge in [-0.3, -0.25) is 4.79 Å². The minimum absolute atomic E-state index is 0.0273. The van der Waals surface area contributed by atoms with Gasteiger partial charge in [0.2, 0.25) is 0 Å². The maximum Gasteiger partial charge on any atom is 0.251 e. The third-order valence-electron chi connectivity index (χ3n) is 3.21. The minimum atomic E-state index is -0.165. The van der Waals surface area contributed by atoms with Gasteiger partial charge < -0.3 is 14.8 Å². The first-order chi connectivity index (χ1) is 9.17. The molecule has 1 aliphatic carbocycles. The topological polar surface area (TPSA) is 75.2 Å². The van der Waals surface area contributed by atoms with Gasteiger partial charge in [-0.05, 0) is 31.0 Å². The normalized spacial score (nSPS) is 14.4. The maximum atomic E-state index is 11.6. The molecule has 1 aromatic heterocycles. The molecule has 0 radical (unpaired) electrons. The summed E-state index contributed by atoms with van der Waals surface area (Å²) in [5.74, 6) is 1.31. The third-order valence-corrected chi connectivity index (χ3v) is 3.21. The number of hydrogen-bond donors (Lipinski definition) is 2. The van der Waals surface area contributed by atoms with Crippen LogP contribution in [0.25, 0.3) is 11.4 Å². The number of phenols is 1. The van der Waals surface area contributed by atoms with Crippen LogP contribution in [0.3, 0.4) is 0 Å². The quantitative estimate of drug-likeness (QED) is 0.883. The monoisotopic (exact) mass is 258 g/mol. The van der Waals surface area contributed by atoms with Gasteiger partial charge in [0.15, 0.2) is 11.5 Å². The molecule has 0 unspecified atom stereocenters. The molecule has 1 heterocycles. The standard InChI is InChI=1S/C14H14N2O3/c1-19-12-5-4-9(6-11(12)17)14-15-10(8-2-3-8)7-13(18)16-14/h4-8,17H,2-3H2,1H3,(H,15,16,18). The first-order valence-corrected chi connectivity index (χ1v) is 6.16. The van der Waals surface area contributed by atoms with E-state index in [-0.39, 0.29) is 11.3 Å². The number of hydrogen-bond acceptors (Lipinski definition) is 4. The van der Waals surface area contributed by atoms with E-state index in [0.717, 1.165) is 18.5 Å². The van der Waals surface area contributed by atoms with Gasteiger partial charge in [-0.25, -0.2) is 4.98 Å². The fourth-order valence-corrected chi connectivity index (χ4v) is 2.04. The maximum absolute atomic E-state index is 11.6. The number of H-pyrrole nitrogens is 1. The molecule has 19 heavy (non-hydrogen) atoms. The van der Waals surface area contributed by atoms with Crippen molar-refractivity contribution >= 4 is 0 Å². The fraction of sp³-hybridized carbons (Fsp3) is 0.286. The predicted octanol–water partition coefficient (Wildman–Crippen LogP) is 2.03. The molecule has 0 bridgehead atoms. The highest BCUT2D eigenvalue weighted by Gasteiger charge is 2.26. The van der Waals surface area contributed by atoms with Crippen molar-refractivity contribution in [2.24, 2.45) is 0 Å². The zero-order chi connectivity index (χ0) is 13.4. The lowest BCUT2D eigenvalue weighted by Crippen LogP contribution is -2.09. The van der Waals surface area contributed by atoms with Crippen molar-refractivity contribution in [2.75, 3.05) is 7.11 Å². The van der Waals surface area contributed by atoms with Crippen LogP contribution in [0, 0.1) is 0 Å². The van der Waals surface area contributed by atoms with Crippen LogP contribution in [0.15, 0.2) is 29.1 Å². The SMILES string of the molecule is COc1ccc(-c2nc(C3CC3)cc(=O)[nH]2)cc1O. The number of aromatic nitrogens is 2. The minimum Gasteiger partial charge on any atom is -0.504 e. The van der Waals surface area contributed by atoms with Gasteiger partial charge in [-0.1, -0.05) is 0 Å². The highest BCUT2D eigenvalue weighted by molar-refractivity contribution is 5.60. The Hall–Kier alpha value is -2.30. The second-order valence-electron chi connectivity index (χ2n) is 4.68. The van der Waals surface area contributed by atoms with Crippen LogP contribution in [0.2, 0.25) is 0 Å². The van der Waals surface area contributed by atoms with E-state index in [0.29, 0.717) is 23.1 Å². The summed E-state index contributed by atoms with van der Waals surface area (Å²) in [6.07, 6.45) is 2.17. The first kappa shape index (κ1) is 11.8. The number of aromatic amines is 1. The summed E-state index contributed by atoms with van der Waals surface area (Å²) in [6.45, 7) is 0. The van der Waals surface area contributed by atoms with Crippen molar-refractivity contribution < 1.29 is 9.84 Å². The molecule has 0 atom stereocenters. The van der Waals surface area contributed by atoms with Gasteiger partial charge in [-0.15, -0.1) is 0 Å². The molecule has 2 aromatic rings. The molecule has 1 saturated carbocycles. The van der Waals surface area contributed by atoms with Crippen LogP contribution in [-0.4, -0.2) is 22.2 Å². The van der Waals surface area contributed by atoms with Gasteiger partial charge in [0.1, 0.15) is 5.82 Å². The fourth-order valence-electron chi connectivity index (χ4n) is 2.04. The number of benzene rings is 1. The van der Waals surface area contributed by atoms with E-state index in [1.54, 1.807) is 18.2 Å². The van der Waals surface area contributed by atoms with E-state index in [1.165, 1.54) is 13.2 Å². The molecule has 3 rings (SSSR count). The molecule has 5 heteroatoms. The van der Waals surface area contributed by atoms with E-state index in [9.17, 15) is 9.90 Å². The Balaban J connectivity index is 2.06. The molecule has 0 saturated heterocycles. The number of rotatable bonds is 3. The summed E-state index contributed by atoms with van der Waals surface area (Å²) < 4.78 is 4.99. The van der Waals surface area contributed by atoms with Crippen LogP contribution < -0.4 is 10.3 Å². The van der Waals surface area contributed by atoms with E-state index in [1.807, 2.05) is 0 Å². The zero-order valence-electron chi connectivity index (χ0n) is 10.5. The largest absolute Gasteiger partial charge is 0.504 e.